The van der Waals surface area contributed by atoms with Gasteiger partial charge in [-0.25, -0.2) is 0 Å². The van der Waals surface area contributed by atoms with Gasteiger partial charge in [0.25, 0.3) is 0 Å². The molecule has 0 amide bonds. The second-order valence-corrected chi connectivity index (χ2v) is 4.27. The lowest BCUT2D eigenvalue weighted by Crippen LogP contribution is -2.06. The molecule has 0 saturated heterocycles. The Bertz CT molecular complexity index is 476. The lowest BCUT2D eigenvalue weighted by molar-refractivity contribution is -0.138. The van der Waals surface area contributed by atoms with Crippen LogP contribution >= 0.6 is 11.3 Å². The lowest BCUT2D eigenvalue weighted by Gasteiger charge is -2.09. The highest BCUT2D eigenvalue weighted by Crippen LogP contribution is 2.39. The van der Waals surface area contributed by atoms with Gasteiger partial charge < -0.3 is 4.74 Å². The van der Waals surface area contributed by atoms with Crippen molar-refractivity contribution in [2.45, 2.75) is 12.8 Å². The first-order chi connectivity index (χ1) is 8.07. The van der Waals surface area contributed by atoms with Gasteiger partial charge in [0.2, 0.25) is 0 Å². The fourth-order valence-corrected chi connectivity index (χ4v) is 2.11. The predicted octanol–water partition coefficient (Wildman–Crippen LogP) is 4.35. The minimum Gasteiger partial charge on any atom is -0.479 e. The van der Waals surface area contributed by atoms with Crippen LogP contribution in [0.3, 0.4) is 0 Å². The molecular weight excluding hydrogens is 249 g/mol. The first-order valence-corrected chi connectivity index (χ1v) is 5.77. The molecule has 0 atom stereocenters. The molecule has 0 aliphatic carbocycles. The second kappa shape index (κ2) is 4.79. The van der Waals surface area contributed by atoms with Gasteiger partial charge in [-0.15, -0.1) is 11.3 Å². The summed E-state index contributed by atoms with van der Waals surface area (Å²) in [4.78, 5) is 0. The van der Waals surface area contributed by atoms with E-state index in [-0.39, 0.29) is 11.7 Å². The molecule has 90 valence electrons. The van der Waals surface area contributed by atoms with Crippen molar-refractivity contribution in [1.29, 1.82) is 0 Å². The van der Waals surface area contributed by atoms with E-state index in [1.807, 2.05) is 18.2 Å². The zero-order chi connectivity index (χ0) is 12.3. The summed E-state index contributed by atoms with van der Waals surface area (Å²) in [7, 11) is 0. The maximum Gasteiger partial charge on any atom is 0.420 e. The number of rotatable bonds is 3. The molecule has 5 heteroatoms. The van der Waals surface area contributed by atoms with Gasteiger partial charge >= 0.3 is 6.18 Å². The number of thiophene rings is 1. The zero-order valence-electron chi connectivity index (χ0n) is 8.70. The summed E-state index contributed by atoms with van der Waals surface area (Å²) < 4.78 is 42.8. The Labute approximate surface area is 100 Å². The van der Waals surface area contributed by atoms with Crippen LogP contribution in [0.2, 0.25) is 0 Å². The molecule has 1 heterocycles. The van der Waals surface area contributed by atoms with Crippen LogP contribution in [-0.4, -0.2) is 0 Å². The van der Waals surface area contributed by atoms with E-state index in [2.05, 4.69) is 0 Å². The molecule has 17 heavy (non-hydrogen) atoms. The largest absolute Gasteiger partial charge is 0.479 e. The average molecular weight is 258 g/mol. The summed E-state index contributed by atoms with van der Waals surface area (Å²) in [5, 5.41) is 1.30. The molecule has 2 rings (SSSR count). The van der Waals surface area contributed by atoms with E-state index in [4.69, 9.17) is 4.74 Å². The molecule has 2 aromatic rings. The van der Waals surface area contributed by atoms with Gasteiger partial charge in [0.05, 0.1) is 0 Å². The number of hydrogen-bond acceptors (Lipinski definition) is 2. The van der Waals surface area contributed by atoms with E-state index in [1.165, 1.54) is 5.38 Å². The summed E-state index contributed by atoms with van der Waals surface area (Å²) in [5.74, 6) is 0. The summed E-state index contributed by atoms with van der Waals surface area (Å²) in [6, 6.07) is 10.1. The van der Waals surface area contributed by atoms with Gasteiger partial charge in [-0.05, 0) is 17.0 Å². The Hall–Kier alpha value is -1.49. The van der Waals surface area contributed by atoms with Crippen molar-refractivity contribution in [3.63, 3.8) is 0 Å². The predicted molar refractivity (Wildman–Crippen MR) is 60.1 cm³/mol. The molecule has 0 aliphatic rings. The molecule has 0 radical (unpaired) electrons. The molecule has 0 fully saturated rings. The van der Waals surface area contributed by atoms with Crippen LogP contribution < -0.4 is 4.74 Å². The van der Waals surface area contributed by atoms with E-state index >= 15 is 0 Å². The van der Waals surface area contributed by atoms with Crippen LogP contribution in [0.25, 0.3) is 0 Å². The summed E-state index contributed by atoms with van der Waals surface area (Å²) in [6.45, 7) is 0.143. The Morgan fingerprint density at radius 3 is 2.41 bits per heavy atom. The Morgan fingerprint density at radius 1 is 1.06 bits per heavy atom. The average Bonchev–Trinajstić information content (AvgIpc) is 2.75. The Kier molecular flexibility index (Phi) is 3.38. The Balaban J connectivity index is 2.08. The quantitative estimate of drug-likeness (QED) is 0.795. The number of halogens is 3. The van der Waals surface area contributed by atoms with Crippen molar-refractivity contribution < 1.29 is 17.9 Å². The highest BCUT2D eigenvalue weighted by molar-refractivity contribution is 7.12. The highest BCUT2D eigenvalue weighted by Gasteiger charge is 2.35. The first kappa shape index (κ1) is 12.0. The maximum atomic E-state index is 12.5. The van der Waals surface area contributed by atoms with Crippen molar-refractivity contribution in [3.8, 4) is 5.06 Å². The normalized spacial score (nSPS) is 11.5. The third-order valence-electron chi connectivity index (χ3n) is 2.15. The fourth-order valence-electron chi connectivity index (χ4n) is 1.34. The lowest BCUT2D eigenvalue weighted by atomic mass is 10.2. The molecule has 0 aliphatic heterocycles. The molecule has 0 unspecified atom stereocenters. The summed E-state index contributed by atoms with van der Waals surface area (Å²) in [5.41, 5.74) is 0.132. The van der Waals surface area contributed by atoms with E-state index in [9.17, 15) is 13.2 Å². The number of ether oxygens (including phenoxy) is 1. The second-order valence-electron chi connectivity index (χ2n) is 3.39. The van der Waals surface area contributed by atoms with Crippen LogP contribution in [0.5, 0.6) is 5.06 Å². The minimum atomic E-state index is -4.36. The number of hydrogen-bond donors (Lipinski definition) is 0. The third kappa shape index (κ3) is 3.00. The summed E-state index contributed by atoms with van der Waals surface area (Å²) in [6.07, 6.45) is -4.36. The monoisotopic (exact) mass is 258 g/mol. The third-order valence-corrected chi connectivity index (χ3v) is 2.97. The minimum absolute atomic E-state index is 0.0821. The SMILES string of the molecule is FC(F)(F)c1ccsc1OCc1ccccc1. The van der Waals surface area contributed by atoms with Gasteiger partial charge in [-0.2, -0.15) is 13.2 Å². The molecular formula is C12H9F3OS. The van der Waals surface area contributed by atoms with Crippen LogP contribution in [0, 0.1) is 0 Å². The van der Waals surface area contributed by atoms with Gasteiger partial charge in [0.15, 0.2) is 5.06 Å². The standard InChI is InChI=1S/C12H9F3OS/c13-12(14,15)10-6-7-17-11(10)16-8-9-4-2-1-3-5-9/h1-7H,8H2. The van der Waals surface area contributed by atoms with E-state index < -0.39 is 11.7 Å². The van der Waals surface area contributed by atoms with Crippen molar-refractivity contribution in [2.24, 2.45) is 0 Å². The van der Waals surface area contributed by atoms with Gasteiger partial charge in [0.1, 0.15) is 12.2 Å². The van der Waals surface area contributed by atoms with E-state index in [0.29, 0.717) is 0 Å². The van der Waals surface area contributed by atoms with Gasteiger partial charge in [0, 0.05) is 0 Å². The topological polar surface area (TPSA) is 9.23 Å². The van der Waals surface area contributed by atoms with Crippen molar-refractivity contribution in [3.05, 3.63) is 52.9 Å². The molecule has 0 saturated carbocycles. The van der Waals surface area contributed by atoms with Crippen LogP contribution in [0.1, 0.15) is 11.1 Å². The van der Waals surface area contributed by atoms with Crippen molar-refractivity contribution in [1.82, 2.24) is 0 Å². The van der Waals surface area contributed by atoms with E-state index in [0.717, 1.165) is 23.0 Å². The first-order valence-electron chi connectivity index (χ1n) is 4.89. The fraction of sp³-hybridized carbons (Fsp3) is 0.167. The van der Waals surface area contributed by atoms with Crippen LogP contribution in [0.15, 0.2) is 41.8 Å². The van der Waals surface area contributed by atoms with Crippen molar-refractivity contribution >= 4 is 11.3 Å². The van der Waals surface area contributed by atoms with Gasteiger partial charge in [-0.1, -0.05) is 30.3 Å². The highest BCUT2D eigenvalue weighted by atomic mass is 32.1. The number of alkyl halides is 3. The van der Waals surface area contributed by atoms with Crippen molar-refractivity contribution in [2.75, 3.05) is 0 Å². The van der Waals surface area contributed by atoms with Crippen LogP contribution in [-0.2, 0) is 12.8 Å². The Morgan fingerprint density at radius 2 is 1.76 bits per heavy atom. The molecule has 1 nitrogen and oxygen atoms in total. The summed E-state index contributed by atoms with van der Waals surface area (Å²) >= 11 is 0.953. The molecule has 0 spiro atoms. The molecule has 1 aromatic heterocycles. The smallest absolute Gasteiger partial charge is 0.420 e. The van der Waals surface area contributed by atoms with E-state index in [1.54, 1.807) is 12.1 Å². The molecule has 0 N–H and O–H groups in total. The molecule has 1 aromatic carbocycles. The van der Waals surface area contributed by atoms with Crippen LogP contribution in [0.4, 0.5) is 13.2 Å². The van der Waals surface area contributed by atoms with Gasteiger partial charge in [-0.3, -0.25) is 0 Å². The maximum absolute atomic E-state index is 12.5. The molecule has 0 bridgehead atoms. The number of benzene rings is 1. The zero-order valence-corrected chi connectivity index (χ0v) is 9.52.